The predicted molar refractivity (Wildman–Crippen MR) is 153 cm³/mol. The van der Waals surface area contributed by atoms with E-state index in [2.05, 4.69) is 75.4 Å². The van der Waals surface area contributed by atoms with Gasteiger partial charge in [0.15, 0.2) is 0 Å². The van der Waals surface area contributed by atoms with Crippen LogP contribution in [0.4, 0.5) is 0 Å². The molecule has 0 aliphatic carbocycles. The van der Waals surface area contributed by atoms with Crippen molar-refractivity contribution in [1.82, 2.24) is 4.98 Å². The smallest absolute Gasteiger partial charge is 0.260 e. The summed E-state index contributed by atoms with van der Waals surface area (Å²) in [5, 5.41) is 2.09. The molecular formula is C33H24BNO3. The third kappa shape index (κ3) is 3.02. The average Bonchev–Trinajstić information content (AvgIpc) is 3.29. The van der Waals surface area contributed by atoms with Gasteiger partial charge in [0.25, 0.3) is 6.71 Å². The Morgan fingerprint density at radius 2 is 1.45 bits per heavy atom. The van der Waals surface area contributed by atoms with Gasteiger partial charge in [-0.15, -0.1) is 0 Å². The monoisotopic (exact) mass is 493 g/mol. The number of hydrogen-bond acceptors (Lipinski definition) is 4. The third-order valence-corrected chi connectivity index (χ3v) is 7.83. The first kappa shape index (κ1) is 21.6. The van der Waals surface area contributed by atoms with Gasteiger partial charge in [0, 0.05) is 28.0 Å². The first-order valence-corrected chi connectivity index (χ1v) is 13.0. The molecule has 0 saturated carbocycles. The maximum absolute atomic E-state index is 6.59. The number of para-hydroxylation sites is 2. The number of hydrogen-bond donors (Lipinski definition) is 0. The first-order valence-electron chi connectivity index (χ1n) is 13.0. The zero-order chi connectivity index (χ0) is 25.6. The van der Waals surface area contributed by atoms with E-state index in [1.165, 1.54) is 5.56 Å². The van der Waals surface area contributed by atoms with Crippen molar-refractivity contribution in [2.75, 3.05) is 0 Å². The summed E-state index contributed by atoms with van der Waals surface area (Å²) >= 11 is 0. The molecule has 8 rings (SSSR count). The van der Waals surface area contributed by atoms with E-state index in [1.54, 1.807) is 0 Å². The van der Waals surface area contributed by atoms with E-state index in [4.69, 9.17) is 18.9 Å². The average molecular weight is 493 g/mol. The Hall–Kier alpha value is -4.51. The second kappa shape index (κ2) is 7.51. The fourth-order valence-corrected chi connectivity index (χ4v) is 5.87. The minimum atomic E-state index is 0.0126. The Morgan fingerprint density at radius 3 is 2.24 bits per heavy atom. The van der Waals surface area contributed by atoms with Gasteiger partial charge >= 0.3 is 0 Å². The van der Waals surface area contributed by atoms with Gasteiger partial charge in [0.1, 0.15) is 34.2 Å². The first-order chi connectivity index (χ1) is 18.5. The Bertz CT molecular complexity index is 1910. The summed E-state index contributed by atoms with van der Waals surface area (Å²) in [6.45, 7) is 6.61. The zero-order valence-electron chi connectivity index (χ0n) is 21.4. The van der Waals surface area contributed by atoms with Gasteiger partial charge in [-0.05, 0) is 64.4 Å². The van der Waals surface area contributed by atoms with Crippen LogP contribution in [0.15, 0.2) is 95.5 Å². The molecule has 182 valence electrons. The highest BCUT2D eigenvalue weighted by molar-refractivity contribution is 6.98. The van der Waals surface area contributed by atoms with E-state index < -0.39 is 0 Å². The highest BCUT2D eigenvalue weighted by Crippen LogP contribution is 2.40. The van der Waals surface area contributed by atoms with Gasteiger partial charge in [0.05, 0.1) is 5.69 Å². The lowest BCUT2D eigenvalue weighted by Crippen LogP contribution is -2.57. The maximum Gasteiger partial charge on any atom is 0.260 e. The Morgan fingerprint density at radius 1 is 0.684 bits per heavy atom. The molecule has 0 unspecified atom stereocenters. The summed E-state index contributed by atoms with van der Waals surface area (Å²) in [5.74, 6) is 3.41. The molecule has 0 N–H and O–H groups in total. The van der Waals surface area contributed by atoms with Crippen molar-refractivity contribution >= 4 is 45.0 Å². The van der Waals surface area contributed by atoms with Crippen LogP contribution in [-0.4, -0.2) is 11.7 Å². The number of ether oxygens (including phenoxy) is 2. The predicted octanol–water partition coefficient (Wildman–Crippen LogP) is 6.67. The molecule has 2 aromatic heterocycles. The minimum Gasteiger partial charge on any atom is -0.458 e. The Kier molecular flexibility index (Phi) is 4.26. The van der Waals surface area contributed by atoms with Crippen LogP contribution < -0.4 is 25.9 Å². The minimum absolute atomic E-state index is 0.0126. The lowest BCUT2D eigenvalue weighted by Gasteiger charge is -2.32. The van der Waals surface area contributed by atoms with Crippen LogP contribution in [0.1, 0.15) is 26.3 Å². The number of furan rings is 1. The molecule has 0 fully saturated rings. The SMILES string of the molecule is CC(C)(C)c1ccc(-c2cccc3c2oc2cc4c(cc23)Oc2cccc3c2B4c2ccccc2O3)nc1. The van der Waals surface area contributed by atoms with Crippen molar-refractivity contribution in [2.24, 2.45) is 0 Å². The summed E-state index contributed by atoms with van der Waals surface area (Å²) in [5.41, 5.74) is 8.11. The molecule has 0 bridgehead atoms. The molecule has 38 heavy (non-hydrogen) atoms. The molecule has 0 saturated heterocycles. The van der Waals surface area contributed by atoms with Crippen LogP contribution in [0.5, 0.6) is 23.0 Å². The molecule has 0 atom stereocenters. The Labute approximate surface area is 220 Å². The molecule has 0 spiro atoms. The molecule has 0 radical (unpaired) electrons. The molecule has 4 heterocycles. The van der Waals surface area contributed by atoms with E-state index in [9.17, 15) is 0 Å². The van der Waals surface area contributed by atoms with Crippen LogP contribution in [0.3, 0.4) is 0 Å². The molecular weight excluding hydrogens is 469 g/mol. The van der Waals surface area contributed by atoms with Crippen molar-refractivity contribution < 1.29 is 13.9 Å². The third-order valence-electron chi connectivity index (χ3n) is 7.83. The van der Waals surface area contributed by atoms with Crippen molar-refractivity contribution in [3.05, 3.63) is 96.7 Å². The van der Waals surface area contributed by atoms with Gasteiger partial charge in [-0.1, -0.05) is 63.2 Å². The van der Waals surface area contributed by atoms with Crippen LogP contribution in [0, 0.1) is 0 Å². The van der Waals surface area contributed by atoms with Crippen LogP contribution in [0.2, 0.25) is 0 Å². The number of aromatic nitrogens is 1. The van der Waals surface area contributed by atoms with E-state index in [1.807, 2.05) is 36.5 Å². The number of nitrogens with zero attached hydrogens (tertiary/aromatic N) is 1. The number of pyridine rings is 1. The molecule has 4 aromatic carbocycles. The lowest BCUT2D eigenvalue weighted by molar-refractivity contribution is 0.465. The lowest BCUT2D eigenvalue weighted by atomic mass is 9.35. The van der Waals surface area contributed by atoms with Gasteiger partial charge in [-0.3, -0.25) is 4.98 Å². The van der Waals surface area contributed by atoms with Crippen molar-refractivity contribution in [1.29, 1.82) is 0 Å². The highest BCUT2D eigenvalue weighted by atomic mass is 16.5. The summed E-state index contributed by atoms with van der Waals surface area (Å²) in [6.07, 6.45) is 1.97. The summed E-state index contributed by atoms with van der Waals surface area (Å²) in [7, 11) is 0. The molecule has 0 amide bonds. The van der Waals surface area contributed by atoms with Crippen LogP contribution in [-0.2, 0) is 5.41 Å². The van der Waals surface area contributed by atoms with Gasteiger partial charge in [-0.2, -0.15) is 0 Å². The topological polar surface area (TPSA) is 44.5 Å². The zero-order valence-corrected chi connectivity index (χ0v) is 21.4. The number of fused-ring (bicyclic) bond motifs is 7. The van der Waals surface area contributed by atoms with Crippen molar-refractivity contribution in [3.63, 3.8) is 0 Å². The molecule has 4 nitrogen and oxygen atoms in total. The molecule has 2 aliphatic heterocycles. The van der Waals surface area contributed by atoms with Crippen molar-refractivity contribution in [3.8, 4) is 34.3 Å². The maximum atomic E-state index is 6.59. The molecule has 2 aliphatic rings. The molecule has 6 aromatic rings. The Balaban J connectivity index is 1.34. The van der Waals surface area contributed by atoms with Gasteiger partial charge in [0.2, 0.25) is 0 Å². The number of benzene rings is 4. The summed E-state index contributed by atoms with van der Waals surface area (Å²) < 4.78 is 19.3. The van der Waals surface area contributed by atoms with Gasteiger partial charge < -0.3 is 13.9 Å². The number of rotatable bonds is 1. The normalized spacial score (nSPS) is 13.5. The summed E-state index contributed by atoms with van der Waals surface area (Å²) in [4.78, 5) is 4.81. The van der Waals surface area contributed by atoms with Crippen LogP contribution in [0.25, 0.3) is 33.2 Å². The standard InChI is InChI=1S/C33H24BNO3/c1-33(2,3)19-14-15-25(35-18-19)21-9-6-8-20-22-16-30-24(17-29(22)38-32(20)21)34-23-10-4-5-11-26(23)36-27-12-7-13-28(37-30)31(27)34/h4-18H,1-3H3. The second-order valence-corrected chi connectivity index (χ2v) is 11.2. The highest BCUT2D eigenvalue weighted by Gasteiger charge is 2.40. The summed E-state index contributed by atoms with van der Waals surface area (Å²) in [6, 6.07) is 29.1. The van der Waals surface area contributed by atoms with E-state index in [0.29, 0.717) is 0 Å². The van der Waals surface area contributed by atoms with Gasteiger partial charge in [-0.25, -0.2) is 0 Å². The van der Waals surface area contributed by atoms with E-state index in [0.717, 1.165) is 72.6 Å². The molecule has 5 heteroatoms. The quantitative estimate of drug-likeness (QED) is 0.240. The largest absolute Gasteiger partial charge is 0.458 e. The van der Waals surface area contributed by atoms with Crippen molar-refractivity contribution in [2.45, 2.75) is 26.2 Å². The van der Waals surface area contributed by atoms with Crippen LogP contribution >= 0.6 is 0 Å². The fourth-order valence-electron chi connectivity index (χ4n) is 5.87. The second-order valence-electron chi connectivity index (χ2n) is 11.2. The fraction of sp³-hybridized carbons (Fsp3) is 0.121. The van der Waals surface area contributed by atoms with E-state index in [-0.39, 0.29) is 12.1 Å². The van der Waals surface area contributed by atoms with E-state index >= 15 is 0 Å².